The van der Waals surface area contributed by atoms with Crippen LogP contribution in [0, 0.1) is 5.41 Å². The molecule has 0 N–H and O–H groups in total. The van der Waals surface area contributed by atoms with Gasteiger partial charge in [0.15, 0.2) is 0 Å². The average molecular weight is 264 g/mol. The van der Waals surface area contributed by atoms with Crippen LogP contribution in [0.4, 0.5) is 4.79 Å². The van der Waals surface area contributed by atoms with Gasteiger partial charge in [0.05, 0.1) is 0 Å². The van der Waals surface area contributed by atoms with Crippen molar-refractivity contribution in [3.8, 4) is 0 Å². The normalized spacial score (nSPS) is 18.7. The quantitative estimate of drug-likeness (QED) is 0.544. The molecule has 19 heavy (non-hydrogen) atoms. The fourth-order valence-electron chi connectivity index (χ4n) is 2.41. The first kappa shape index (κ1) is 15.1. The minimum absolute atomic E-state index is 0.205. The van der Waals surface area contributed by atoms with Gasteiger partial charge >= 0.3 is 6.03 Å². The first-order chi connectivity index (χ1) is 8.99. The van der Waals surface area contributed by atoms with E-state index in [0.29, 0.717) is 0 Å². The van der Waals surface area contributed by atoms with E-state index in [0.717, 1.165) is 9.80 Å². The Balaban J connectivity index is 3.36. The van der Waals surface area contributed by atoms with Gasteiger partial charge in [-0.05, 0) is 26.7 Å². The summed E-state index contributed by atoms with van der Waals surface area (Å²) >= 11 is 0. The molecule has 0 radical (unpaired) electrons. The Bertz CT molecular complexity index is 390. The zero-order valence-corrected chi connectivity index (χ0v) is 11.5. The van der Waals surface area contributed by atoms with Crippen molar-refractivity contribution in [1.82, 2.24) is 9.80 Å². The lowest BCUT2D eigenvalue weighted by atomic mass is 9.76. The molecular weight excluding hydrogens is 244 g/mol. The number of rotatable bonds is 6. The van der Waals surface area contributed by atoms with Crippen LogP contribution in [0.2, 0.25) is 0 Å². The molecule has 1 aliphatic heterocycles. The zero-order valence-electron chi connectivity index (χ0n) is 11.5. The van der Waals surface area contributed by atoms with Gasteiger partial charge in [-0.15, -0.1) is 13.2 Å². The third-order valence-corrected chi connectivity index (χ3v) is 3.39. The van der Waals surface area contributed by atoms with Crippen molar-refractivity contribution in [1.29, 1.82) is 0 Å². The summed E-state index contributed by atoms with van der Waals surface area (Å²) in [6.07, 6.45) is 3.49. The van der Waals surface area contributed by atoms with Crippen LogP contribution in [0.5, 0.6) is 0 Å². The lowest BCUT2D eigenvalue weighted by Gasteiger charge is -2.42. The number of amides is 4. The molecule has 1 saturated heterocycles. The number of barbiturate groups is 1. The van der Waals surface area contributed by atoms with Gasteiger partial charge in [0.2, 0.25) is 11.8 Å². The van der Waals surface area contributed by atoms with Gasteiger partial charge in [-0.2, -0.15) is 0 Å². The van der Waals surface area contributed by atoms with Crippen molar-refractivity contribution in [3.05, 3.63) is 25.3 Å². The molecule has 0 aliphatic carbocycles. The maximum Gasteiger partial charge on any atom is 0.333 e. The second-order valence-electron chi connectivity index (χ2n) is 4.45. The monoisotopic (exact) mass is 264 g/mol. The standard InChI is InChI=1S/C14H20N2O3/c1-5-9-14(10-6-2)11(17)15(7-3)13(19)16(8-4)12(14)18/h5-6H,1-2,7-10H2,3-4H3. The van der Waals surface area contributed by atoms with E-state index in [1.807, 2.05) is 0 Å². The van der Waals surface area contributed by atoms with E-state index in [1.165, 1.54) is 12.2 Å². The molecule has 5 heteroatoms. The van der Waals surface area contributed by atoms with Crippen molar-refractivity contribution in [2.45, 2.75) is 26.7 Å². The maximum atomic E-state index is 12.5. The minimum atomic E-state index is -1.26. The zero-order chi connectivity index (χ0) is 14.6. The Morgan fingerprint density at radius 2 is 1.32 bits per heavy atom. The Hall–Kier alpha value is -1.91. The molecular formula is C14H20N2O3. The van der Waals surface area contributed by atoms with Crippen LogP contribution in [-0.2, 0) is 9.59 Å². The molecule has 1 fully saturated rings. The lowest BCUT2D eigenvalue weighted by Crippen LogP contribution is -2.64. The molecule has 0 unspecified atom stereocenters. The van der Waals surface area contributed by atoms with Crippen molar-refractivity contribution in [2.75, 3.05) is 13.1 Å². The molecule has 1 rings (SSSR count). The van der Waals surface area contributed by atoms with Crippen molar-refractivity contribution in [3.63, 3.8) is 0 Å². The van der Waals surface area contributed by atoms with E-state index in [-0.39, 0.29) is 25.9 Å². The molecule has 0 aromatic heterocycles. The van der Waals surface area contributed by atoms with Gasteiger partial charge in [-0.3, -0.25) is 19.4 Å². The second kappa shape index (κ2) is 5.82. The van der Waals surface area contributed by atoms with Gasteiger partial charge in [-0.25, -0.2) is 4.79 Å². The summed E-state index contributed by atoms with van der Waals surface area (Å²) in [5.74, 6) is -0.899. The highest BCUT2D eigenvalue weighted by molar-refractivity contribution is 6.19. The van der Waals surface area contributed by atoms with Gasteiger partial charge in [0, 0.05) is 13.1 Å². The van der Waals surface area contributed by atoms with Crippen LogP contribution in [0.25, 0.3) is 0 Å². The minimum Gasteiger partial charge on any atom is -0.273 e. The number of hydrogen-bond acceptors (Lipinski definition) is 3. The summed E-state index contributed by atoms with van der Waals surface area (Å²) in [6, 6.07) is -0.538. The van der Waals surface area contributed by atoms with Gasteiger partial charge < -0.3 is 0 Å². The third kappa shape index (κ3) is 2.20. The highest BCUT2D eigenvalue weighted by Gasteiger charge is 2.54. The SMILES string of the molecule is C=CCC1(CC=C)C(=O)N(CC)C(=O)N(CC)C1=O. The highest BCUT2D eigenvalue weighted by atomic mass is 16.2. The molecule has 0 aromatic rings. The summed E-state index contributed by atoms with van der Waals surface area (Å²) in [7, 11) is 0. The molecule has 0 aromatic carbocycles. The number of allylic oxidation sites excluding steroid dienone is 2. The molecule has 0 saturated carbocycles. The van der Waals surface area contributed by atoms with Gasteiger partial charge in [-0.1, -0.05) is 12.2 Å². The predicted octanol–water partition coefficient (Wildman–Crippen LogP) is 1.96. The number of hydrogen-bond donors (Lipinski definition) is 0. The maximum absolute atomic E-state index is 12.5. The summed E-state index contributed by atoms with van der Waals surface area (Å²) in [6.45, 7) is 11.1. The van der Waals surface area contributed by atoms with Crippen LogP contribution in [0.15, 0.2) is 25.3 Å². The fraction of sp³-hybridized carbons (Fsp3) is 0.500. The summed E-state index contributed by atoms with van der Waals surface area (Å²) < 4.78 is 0. The van der Waals surface area contributed by atoms with Crippen LogP contribution < -0.4 is 0 Å². The summed E-state index contributed by atoms with van der Waals surface area (Å²) in [5.41, 5.74) is -1.26. The average Bonchev–Trinajstić information content (AvgIpc) is 2.38. The molecule has 1 aliphatic rings. The van der Waals surface area contributed by atoms with Crippen LogP contribution in [-0.4, -0.2) is 40.7 Å². The van der Waals surface area contributed by atoms with Crippen LogP contribution in [0.1, 0.15) is 26.7 Å². The number of imide groups is 2. The number of carbonyl (C=O) groups is 3. The van der Waals surface area contributed by atoms with E-state index in [1.54, 1.807) is 13.8 Å². The first-order valence-corrected chi connectivity index (χ1v) is 6.39. The van der Waals surface area contributed by atoms with Crippen molar-refractivity contribution < 1.29 is 14.4 Å². The molecule has 1 heterocycles. The highest BCUT2D eigenvalue weighted by Crippen LogP contribution is 2.36. The Morgan fingerprint density at radius 1 is 0.947 bits per heavy atom. The molecule has 0 atom stereocenters. The lowest BCUT2D eigenvalue weighted by molar-refractivity contribution is -0.158. The predicted molar refractivity (Wildman–Crippen MR) is 72.2 cm³/mol. The first-order valence-electron chi connectivity index (χ1n) is 6.39. The number of carbonyl (C=O) groups excluding carboxylic acids is 3. The number of nitrogens with zero attached hydrogens (tertiary/aromatic N) is 2. The molecule has 104 valence electrons. The summed E-state index contributed by atoms with van der Waals surface area (Å²) in [5, 5.41) is 0. The molecule has 4 amide bonds. The van der Waals surface area contributed by atoms with Crippen LogP contribution in [0.3, 0.4) is 0 Å². The van der Waals surface area contributed by atoms with E-state index in [4.69, 9.17) is 0 Å². The van der Waals surface area contributed by atoms with Crippen molar-refractivity contribution >= 4 is 17.8 Å². The topological polar surface area (TPSA) is 57.7 Å². The van der Waals surface area contributed by atoms with E-state index >= 15 is 0 Å². The summed E-state index contributed by atoms with van der Waals surface area (Å²) in [4.78, 5) is 39.3. The second-order valence-corrected chi connectivity index (χ2v) is 4.45. The van der Waals surface area contributed by atoms with E-state index < -0.39 is 23.3 Å². The van der Waals surface area contributed by atoms with Gasteiger partial charge in [0.25, 0.3) is 0 Å². The van der Waals surface area contributed by atoms with Gasteiger partial charge in [0.1, 0.15) is 5.41 Å². The fourth-order valence-corrected chi connectivity index (χ4v) is 2.41. The third-order valence-electron chi connectivity index (χ3n) is 3.39. The van der Waals surface area contributed by atoms with E-state index in [9.17, 15) is 14.4 Å². The van der Waals surface area contributed by atoms with Crippen molar-refractivity contribution in [2.24, 2.45) is 5.41 Å². The Labute approximate surface area is 113 Å². The molecule has 0 bridgehead atoms. The van der Waals surface area contributed by atoms with E-state index in [2.05, 4.69) is 13.2 Å². The smallest absolute Gasteiger partial charge is 0.273 e. The number of urea groups is 1. The Morgan fingerprint density at radius 3 is 1.58 bits per heavy atom. The van der Waals surface area contributed by atoms with Crippen LogP contribution >= 0.6 is 0 Å². The molecule has 0 spiro atoms. The Kier molecular flexibility index (Phi) is 4.64. The molecule has 5 nitrogen and oxygen atoms in total. The largest absolute Gasteiger partial charge is 0.333 e.